The van der Waals surface area contributed by atoms with Crippen LogP contribution >= 0.6 is 30.3 Å². The molecule has 0 aliphatic carbocycles. The minimum atomic E-state index is -0.141. The predicted octanol–water partition coefficient (Wildman–Crippen LogP) is 4.46. The number of carbonyl (C=O) groups is 1. The summed E-state index contributed by atoms with van der Waals surface area (Å²) in [6.45, 7) is 0. The van der Waals surface area contributed by atoms with Crippen LogP contribution in [0.4, 0.5) is 0 Å². The van der Waals surface area contributed by atoms with Gasteiger partial charge < -0.3 is 5.32 Å². The lowest BCUT2D eigenvalue weighted by Crippen LogP contribution is -2.17. The molecule has 4 rings (SSSR count). The minimum Gasteiger partial charge on any atom is -0.355 e. The molecule has 25 heavy (non-hydrogen) atoms. The quantitative estimate of drug-likeness (QED) is 0.459. The largest absolute Gasteiger partial charge is 0.355 e. The SMILES string of the molecule is CNC(=O)c1cnc2c(c1)c(-c1ccc3ncccc3c1)cn2SI. The van der Waals surface area contributed by atoms with Crippen molar-refractivity contribution in [3.05, 3.63) is 60.6 Å². The van der Waals surface area contributed by atoms with Crippen molar-refractivity contribution < 1.29 is 4.79 Å². The zero-order valence-corrected chi connectivity index (χ0v) is 16.2. The molecule has 124 valence electrons. The lowest BCUT2D eigenvalue weighted by atomic mass is 10.0. The van der Waals surface area contributed by atoms with E-state index in [1.807, 2.05) is 28.2 Å². The van der Waals surface area contributed by atoms with Gasteiger partial charge in [-0.15, -0.1) is 0 Å². The molecule has 0 fully saturated rings. The van der Waals surface area contributed by atoms with Crippen molar-refractivity contribution in [1.29, 1.82) is 0 Å². The van der Waals surface area contributed by atoms with Crippen molar-refractivity contribution in [2.45, 2.75) is 0 Å². The Labute approximate surface area is 160 Å². The van der Waals surface area contributed by atoms with Crippen LogP contribution < -0.4 is 5.32 Å². The van der Waals surface area contributed by atoms with Crippen molar-refractivity contribution in [3.8, 4) is 11.1 Å². The summed E-state index contributed by atoms with van der Waals surface area (Å²) < 4.78 is 2.01. The summed E-state index contributed by atoms with van der Waals surface area (Å²) in [5.41, 5.74) is 4.47. The first-order chi connectivity index (χ1) is 12.2. The number of halogens is 1. The van der Waals surface area contributed by atoms with Crippen LogP contribution in [0.5, 0.6) is 0 Å². The fraction of sp³-hybridized carbons (Fsp3) is 0.0556. The third-order valence-electron chi connectivity index (χ3n) is 4.09. The molecule has 3 aromatic heterocycles. The number of benzene rings is 1. The van der Waals surface area contributed by atoms with E-state index < -0.39 is 0 Å². The molecule has 0 spiro atoms. The second-order valence-electron chi connectivity index (χ2n) is 5.52. The summed E-state index contributed by atoms with van der Waals surface area (Å²) in [6, 6.07) is 12.1. The first-order valence-corrected chi connectivity index (χ1v) is 10.9. The highest BCUT2D eigenvalue weighted by Crippen LogP contribution is 2.35. The van der Waals surface area contributed by atoms with Gasteiger partial charge in [0.05, 0.1) is 11.1 Å². The van der Waals surface area contributed by atoms with E-state index in [4.69, 9.17) is 0 Å². The summed E-state index contributed by atoms with van der Waals surface area (Å²) in [5, 5.41) is 4.68. The molecular weight excluding hydrogens is 447 g/mol. The molecule has 1 amide bonds. The highest BCUT2D eigenvalue weighted by Gasteiger charge is 2.15. The lowest BCUT2D eigenvalue weighted by molar-refractivity contribution is 0.0963. The van der Waals surface area contributed by atoms with Gasteiger partial charge in [-0.25, -0.2) is 4.98 Å². The van der Waals surface area contributed by atoms with Gasteiger partial charge in [-0.1, -0.05) is 12.1 Å². The van der Waals surface area contributed by atoms with Crippen LogP contribution in [0.1, 0.15) is 10.4 Å². The Morgan fingerprint density at radius 2 is 2.12 bits per heavy atom. The molecule has 0 aliphatic rings. The molecule has 0 bridgehead atoms. The number of amides is 1. The van der Waals surface area contributed by atoms with E-state index in [1.165, 1.54) is 0 Å². The number of aromatic nitrogens is 3. The van der Waals surface area contributed by atoms with E-state index in [-0.39, 0.29) is 5.91 Å². The zero-order chi connectivity index (χ0) is 17.4. The number of nitrogens with zero attached hydrogens (tertiary/aromatic N) is 3. The standard InChI is InChI=1S/C18H13IN4OS/c1-20-18(24)13-8-14-15(10-23(25-19)17(14)22-9-13)11-4-5-16-12(7-11)3-2-6-21-16/h2-10H,1H3,(H,20,24). The van der Waals surface area contributed by atoms with Crippen LogP contribution in [0, 0.1) is 0 Å². The topological polar surface area (TPSA) is 59.8 Å². The molecule has 5 nitrogen and oxygen atoms in total. The van der Waals surface area contributed by atoms with Crippen molar-refractivity contribution in [3.63, 3.8) is 0 Å². The molecule has 0 aliphatic heterocycles. The monoisotopic (exact) mass is 460 g/mol. The van der Waals surface area contributed by atoms with Gasteiger partial charge in [-0.05, 0) is 29.8 Å². The van der Waals surface area contributed by atoms with Gasteiger partial charge in [-0.2, -0.15) is 0 Å². The Morgan fingerprint density at radius 3 is 2.92 bits per heavy atom. The maximum atomic E-state index is 12.0. The van der Waals surface area contributed by atoms with E-state index >= 15 is 0 Å². The Balaban J connectivity index is 1.96. The molecule has 1 N–H and O–H groups in total. The summed E-state index contributed by atoms with van der Waals surface area (Å²) in [5.74, 6) is -0.141. The lowest BCUT2D eigenvalue weighted by Gasteiger charge is -2.04. The van der Waals surface area contributed by atoms with Crippen LogP contribution in [0.15, 0.2) is 55.0 Å². The molecule has 1 aromatic carbocycles. The first-order valence-electron chi connectivity index (χ1n) is 7.58. The molecule has 7 heteroatoms. The van der Waals surface area contributed by atoms with Crippen LogP contribution in [0.25, 0.3) is 33.1 Å². The average molecular weight is 460 g/mol. The van der Waals surface area contributed by atoms with Gasteiger partial charge in [0.2, 0.25) is 0 Å². The van der Waals surface area contributed by atoms with Gasteiger partial charge in [0.15, 0.2) is 5.65 Å². The molecule has 0 saturated carbocycles. The fourth-order valence-corrected chi connectivity index (χ4v) is 4.13. The van der Waals surface area contributed by atoms with Gasteiger partial charge >= 0.3 is 0 Å². The third-order valence-corrected chi connectivity index (χ3v) is 5.79. The second-order valence-corrected chi connectivity index (χ2v) is 7.24. The highest BCUT2D eigenvalue weighted by atomic mass is 127. The van der Waals surface area contributed by atoms with E-state index in [1.54, 1.807) is 28.6 Å². The normalized spacial score (nSPS) is 11.1. The summed E-state index contributed by atoms with van der Waals surface area (Å²) in [6.07, 6.45) is 5.46. The number of pyridine rings is 2. The maximum absolute atomic E-state index is 12.0. The minimum absolute atomic E-state index is 0.141. The number of carbonyl (C=O) groups excluding carboxylic acids is 1. The highest BCUT2D eigenvalue weighted by molar-refractivity contribution is 14.2. The maximum Gasteiger partial charge on any atom is 0.252 e. The number of nitrogens with one attached hydrogen (secondary N) is 1. The van der Waals surface area contributed by atoms with Gasteiger partial charge in [0.1, 0.15) is 0 Å². The molecule has 0 atom stereocenters. The Kier molecular flexibility index (Phi) is 4.34. The number of rotatable bonds is 3. The van der Waals surface area contributed by atoms with E-state index in [0.717, 1.165) is 33.1 Å². The van der Waals surface area contributed by atoms with Crippen molar-refractivity contribution in [2.24, 2.45) is 0 Å². The Hall–Kier alpha value is -2.13. The number of fused-ring (bicyclic) bond motifs is 2. The van der Waals surface area contributed by atoms with Crippen LogP contribution in [-0.4, -0.2) is 26.9 Å². The fourth-order valence-electron chi connectivity index (χ4n) is 2.87. The molecule has 4 aromatic rings. The van der Waals surface area contributed by atoms with E-state index in [9.17, 15) is 4.79 Å². The number of hydrogen-bond donors (Lipinski definition) is 1. The third kappa shape index (κ3) is 2.87. The smallest absolute Gasteiger partial charge is 0.252 e. The Bertz CT molecular complexity index is 1110. The second kappa shape index (κ2) is 6.64. The molecule has 0 saturated heterocycles. The van der Waals surface area contributed by atoms with Crippen molar-refractivity contribution in [1.82, 2.24) is 19.3 Å². The molecular formula is C18H13IN4OS. The summed E-state index contributed by atoms with van der Waals surface area (Å²) in [7, 11) is 3.17. The van der Waals surface area contributed by atoms with E-state index in [0.29, 0.717) is 5.56 Å². The molecule has 3 heterocycles. The predicted molar refractivity (Wildman–Crippen MR) is 111 cm³/mol. The van der Waals surface area contributed by atoms with Gasteiger partial charge in [0, 0.05) is 72.3 Å². The summed E-state index contributed by atoms with van der Waals surface area (Å²) >= 11 is 2.23. The first kappa shape index (κ1) is 16.3. The van der Waals surface area contributed by atoms with Crippen molar-refractivity contribution in [2.75, 3.05) is 7.05 Å². The van der Waals surface area contributed by atoms with Crippen LogP contribution in [-0.2, 0) is 0 Å². The van der Waals surface area contributed by atoms with Crippen LogP contribution in [0.3, 0.4) is 0 Å². The van der Waals surface area contributed by atoms with Crippen molar-refractivity contribution >= 4 is 58.2 Å². The molecule has 0 radical (unpaired) electrons. The van der Waals surface area contributed by atoms with Gasteiger partial charge in [-0.3, -0.25) is 13.8 Å². The average Bonchev–Trinajstić information content (AvgIpc) is 3.05. The zero-order valence-electron chi connectivity index (χ0n) is 13.2. The number of hydrogen-bond acceptors (Lipinski definition) is 4. The molecule has 0 unspecified atom stereocenters. The van der Waals surface area contributed by atoms with E-state index in [2.05, 4.69) is 54.8 Å². The summed E-state index contributed by atoms with van der Waals surface area (Å²) in [4.78, 5) is 20.8. The van der Waals surface area contributed by atoms with Crippen LogP contribution in [0.2, 0.25) is 0 Å². The van der Waals surface area contributed by atoms with Gasteiger partial charge in [0.25, 0.3) is 5.91 Å². The Morgan fingerprint density at radius 1 is 1.24 bits per heavy atom.